The van der Waals surface area contributed by atoms with Gasteiger partial charge in [0.2, 0.25) is 5.91 Å². The molecule has 1 N–H and O–H groups in total. The highest BCUT2D eigenvalue weighted by molar-refractivity contribution is 7.14. The number of thiazole rings is 1. The van der Waals surface area contributed by atoms with Crippen molar-refractivity contribution < 1.29 is 9.59 Å². The Hall–Kier alpha value is -1.43. The van der Waals surface area contributed by atoms with E-state index in [0.29, 0.717) is 10.8 Å². The summed E-state index contributed by atoms with van der Waals surface area (Å²) in [6, 6.07) is 0.230. The lowest BCUT2D eigenvalue weighted by molar-refractivity contribution is -0.114. The summed E-state index contributed by atoms with van der Waals surface area (Å²) in [5.41, 5.74) is 0.573. The van der Waals surface area contributed by atoms with Gasteiger partial charge in [-0.1, -0.05) is 13.8 Å². The van der Waals surface area contributed by atoms with E-state index in [1.807, 2.05) is 4.90 Å². The second kappa shape index (κ2) is 4.92. The molecular formula is C13H19N3O2S. The van der Waals surface area contributed by atoms with Gasteiger partial charge in [0, 0.05) is 24.9 Å². The van der Waals surface area contributed by atoms with Crippen LogP contribution < -0.4 is 5.32 Å². The van der Waals surface area contributed by atoms with Crippen LogP contribution in [0.5, 0.6) is 0 Å². The lowest BCUT2D eigenvalue weighted by Crippen LogP contribution is -2.34. The maximum Gasteiger partial charge on any atom is 0.273 e. The molecule has 2 amide bonds. The molecule has 19 heavy (non-hydrogen) atoms. The maximum atomic E-state index is 12.4. The predicted octanol–water partition coefficient (Wildman–Crippen LogP) is 2.36. The number of carbonyl (C=O) groups excluding carboxylic acids is 2. The quantitative estimate of drug-likeness (QED) is 0.905. The normalized spacial score (nSPS) is 21.5. The molecule has 0 aliphatic carbocycles. The van der Waals surface area contributed by atoms with Crippen LogP contribution in [0.15, 0.2) is 5.38 Å². The summed E-state index contributed by atoms with van der Waals surface area (Å²) in [5.74, 6) is -0.227. The largest absolute Gasteiger partial charge is 0.334 e. The minimum absolute atomic E-state index is 0.0501. The Morgan fingerprint density at radius 3 is 2.74 bits per heavy atom. The number of carbonyl (C=O) groups is 2. The molecular weight excluding hydrogens is 262 g/mol. The van der Waals surface area contributed by atoms with Crippen molar-refractivity contribution in [3.8, 4) is 0 Å². The molecule has 1 aromatic heterocycles. The standard InChI is InChI=1S/C13H19N3O2S/c1-8-5-13(3,4)7-16(8)11(18)10-6-19-12(15-10)14-9(2)17/h6,8H,5,7H2,1-4H3,(H,14,15,17). The molecule has 2 heterocycles. The Kier molecular flexibility index (Phi) is 3.62. The van der Waals surface area contributed by atoms with Crippen LogP contribution >= 0.6 is 11.3 Å². The van der Waals surface area contributed by atoms with Crippen molar-refractivity contribution in [3.05, 3.63) is 11.1 Å². The van der Waals surface area contributed by atoms with E-state index in [0.717, 1.165) is 13.0 Å². The maximum absolute atomic E-state index is 12.4. The van der Waals surface area contributed by atoms with Crippen molar-refractivity contribution in [2.24, 2.45) is 5.41 Å². The van der Waals surface area contributed by atoms with Crippen molar-refractivity contribution in [1.82, 2.24) is 9.88 Å². The first kappa shape index (κ1) is 14.0. The summed E-state index contributed by atoms with van der Waals surface area (Å²) in [6.45, 7) is 8.57. The number of rotatable bonds is 2. The van der Waals surface area contributed by atoms with Gasteiger partial charge >= 0.3 is 0 Å². The fourth-order valence-corrected chi connectivity index (χ4v) is 3.32. The minimum Gasteiger partial charge on any atom is -0.334 e. The summed E-state index contributed by atoms with van der Waals surface area (Å²) in [7, 11) is 0. The van der Waals surface area contributed by atoms with Gasteiger partial charge in [-0.3, -0.25) is 9.59 Å². The highest BCUT2D eigenvalue weighted by Crippen LogP contribution is 2.34. The number of anilines is 1. The van der Waals surface area contributed by atoms with E-state index in [2.05, 4.69) is 31.1 Å². The van der Waals surface area contributed by atoms with E-state index in [-0.39, 0.29) is 23.3 Å². The van der Waals surface area contributed by atoms with Gasteiger partial charge in [-0.05, 0) is 18.8 Å². The summed E-state index contributed by atoms with van der Waals surface area (Å²) < 4.78 is 0. The molecule has 1 aliphatic rings. The van der Waals surface area contributed by atoms with Gasteiger partial charge in [0.25, 0.3) is 5.91 Å². The Bertz CT molecular complexity index is 510. The Labute approximate surface area is 117 Å². The molecule has 1 atom stereocenters. The Morgan fingerprint density at radius 2 is 2.21 bits per heavy atom. The Morgan fingerprint density at radius 1 is 1.53 bits per heavy atom. The number of hydrogen-bond acceptors (Lipinski definition) is 4. The number of likely N-dealkylation sites (tertiary alicyclic amines) is 1. The zero-order valence-corrected chi connectivity index (χ0v) is 12.5. The van der Waals surface area contributed by atoms with Gasteiger partial charge in [0.1, 0.15) is 5.69 Å². The molecule has 2 rings (SSSR count). The SMILES string of the molecule is CC(=O)Nc1nc(C(=O)N2CC(C)(C)CC2C)cs1. The van der Waals surface area contributed by atoms with Crippen LogP contribution in [0.4, 0.5) is 5.13 Å². The van der Waals surface area contributed by atoms with Gasteiger partial charge in [-0.15, -0.1) is 11.3 Å². The summed E-state index contributed by atoms with van der Waals surface area (Å²) >= 11 is 1.28. The molecule has 5 nitrogen and oxygen atoms in total. The zero-order chi connectivity index (χ0) is 14.2. The third kappa shape index (κ3) is 3.12. The van der Waals surface area contributed by atoms with Crippen LogP contribution in [-0.4, -0.2) is 34.3 Å². The molecule has 0 radical (unpaired) electrons. The monoisotopic (exact) mass is 281 g/mol. The van der Waals surface area contributed by atoms with Crippen molar-refractivity contribution in [3.63, 3.8) is 0 Å². The van der Waals surface area contributed by atoms with Crippen LogP contribution in [0.2, 0.25) is 0 Å². The first-order valence-electron chi connectivity index (χ1n) is 6.32. The zero-order valence-electron chi connectivity index (χ0n) is 11.7. The first-order chi connectivity index (χ1) is 8.78. The lowest BCUT2D eigenvalue weighted by atomic mass is 9.91. The molecule has 1 unspecified atom stereocenters. The predicted molar refractivity (Wildman–Crippen MR) is 75.3 cm³/mol. The van der Waals surface area contributed by atoms with E-state index in [9.17, 15) is 9.59 Å². The van der Waals surface area contributed by atoms with E-state index >= 15 is 0 Å². The van der Waals surface area contributed by atoms with Crippen molar-refractivity contribution in [2.45, 2.75) is 40.2 Å². The van der Waals surface area contributed by atoms with Gasteiger partial charge in [-0.25, -0.2) is 4.98 Å². The number of nitrogens with one attached hydrogen (secondary N) is 1. The van der Waals surface area contributed by atoms with Crippen molar-refractivity contribution in [2.75, 3.05) is 11.9 Å². The molecule has 0 saturated carbocycles. The van der Waals surface area contributed by atoms with Crippen LogP contribution in [0, 0.1) is 5.41 Å². The minimum atomic E-state index is -0.177. The average Bonchev–Trinajstić information content (AvgIpc) is 2.81. The number of hydrogen-bond donors (Lipinski definition) is 1. The molecule has 0 aromatic carbocycles. The molecule has 1 saturated heterocycles. The number of nitrogens with zero attached hydrogens (tertiary/aromatic N) is 2. The van der Waals surface area contributed by atoms with Crippen LogP contribution in [-0.2, 0) is 4.79 Å². The highest BCUT2D eigenvalue weighted by atomic mass is 32.1. The fraction of sp³-hybridized carbons (Fsp3) is 0.615. The molecule has 6 heteroatoms. The van der Waals surface area contributed by atoms with Crippen LogP contribution in [0.25, 0.3) is 0 Å². The van der Waals surface area contributed by atoms with Crippen molar-refractivity contribution >= 4 is 28.3 Å². The van der Waals surface area contributed by atoms with E-state index in [4.69, 9.17) is 0 Å². The van der Waals surface area contributed by atoms with E-state index < -0.39 is 0 Å². The fourth-order valence-electron chi connectivity index (χ4n) is 2.59. The summed E-state index contributed by atoms with van der Waals surface area (Å²) in [6.07, 6.45) is 1.00. The second-order valence-corrected chi connectivity index (χ2v) is 6.73. The molecule has 1 fully saturated rings. The topological polar surface area (TPSA) is 62.3 Å². The molecule has 0 bridgehead atoms. The molecule has 104 valence electrons. The highest BCUT2D eigenvalue weighted by Gasteiger charge is 2.38. The van der Waals surface area contributed by atoms with Gasteiger partial charge in [0.05, 0.1) is 0 Å². The number of aromatic nitrogens is 1. The van der Waals surface area contributed by atoms with E-state index in [1.165, 1.54) is 18.3 Å². The Balaban J connectivity index is 2.12. The van der Waals surface area contributed by atoms with Crippen LogP contribution in [0.3, 0.4) is 0 Å². The van der Waals surface area contributed by atoms with Gasteiger partial charge in [-0.2, -0.15) is 0 Å². The second-order valence-electron chi connectivity index (χ2n) is 5.87. The molecule has 1 aliphatic heterocycles. The van der Waals surface area contributed by atoms with Gasteiger partial charge < -0.3 is 10.2 Å². The average molecular weight is 281 g/mol. The summed E-state index contributed by atoms with van der Waals surface area (Å²) in [5, 5.41) is 4.77. The molecule has 1 aromatic rings. The summed E-state index contributed by atoms with van der Waals surface area (Å²) in [4.78, 5) is 29.4. The van der Waals surface area contributed by atoms with Crippen LogP contribution in [0.1, 0.15) is 44.6 Å². The third-order valence-corrected chi connectivity index (χ3v) is 4.00. The third-order valence-electron chi connectivity index (χ3n) is 3.25. The first-order valence-corrected chi connectivity index (χ1v) is 7.20. The smallest absolute Gasteiger partial charge is 0.273 e. The van der Waals surface area contributed by atoms with Gasteiger partial charge in [0.15, 0.2) is 5.13 Å². The van der Waals surface area contributed by atoms with Crippen molar-refractivity contribution in [1.29, 1.82) is 0 Å². The number of amides is 2. The molecule has 0 spiro atoms. The van der Waals surface area contributed by atoms with E-state index in [1.54, 1.807) is 5.38 Å². The lowest BCUT2D eigenvalue weighted by Gasteiger charge is -2.21.